The van der Waals surface area contributed by atoms with Crippen molar-refractivity contribution in [1.29, 1.82) is 0 Å². The van der Waals surface area contributed by atoms with Crippen molar-refractivity contribution < 1.29 is 0 Å². The van der Waals surface area contributed by atoms with E-state index in [9.17, 15) is 0 Å². The van der Waals surface area contributed by atoms with Crippen LogP contribution in [0, 0.1) is 18.3 Å². The lowest BCUT2D eigenvalue weighted by Crippen LogP contribution is -2.50. The Labute approximate surface area is 232 Å². The largest absolute Gasteiger partial charge is 0.352 e. The summed E-state index contributed by atoms with van der Waals surface area (Å²) in [6.07, 6.45) is 8.32. The van der Waals surface area contributed by atoms with E-state index in [1.54, 1.807) is 39.1 Å². The third-order valence-electron chi connectivity index (χ3n) is 13.6. The van der Waals surface area contributed by atoms with Crippen molar-refractivity contribution in [1.82, 2.24) is 0 Å². The Hall–Kier alpha value is -1.96. The van der Waals surface area contributed by atoms with Crippen molar-refractivity contribution in [2.45, 2.75) is 136 Å². The Bertz CT molecular complexity index is 1350. The van der Waals surface area contributed by atoms with Crippen LogP contribution >= 0.6 is 0 Å². The van der Waals surface area contributed by atoms with Crippen LogP contribution in [0.2, 0.25) is 0 Å². The molecule has 2 aromatic carbocycles. The van der Waals surface area contributed by atoms with Gasteiger partial charge in [0.1, 0.15) is 6.17 Å². The minimum Gasteiger partial charge on any atom is -0.352 e. The molecule has 0 amide bonds. The van der Waals surface area contributed by atoms with Crippen LogP contribution in [0.25, 0.3) is 0 Å². The first-order valence-electron chi connectivity index (χ1n) is 15.8. The number of hydrogen-bond acceptors (Lipinski definition) is 2. The molecule has 6 unspecified atom stereocenters. The first-order chi connectivity index (χ1) is 17.9. The molecule has 204 valence electrons. The predicted octanol–water partition coefficient (Wildman–Crippen LogP) is 9.79. The second-order valence-corrected chi connectivity index (χ2v) is 15.0. The summed E-state index contributed by atoms with van der Waals surface area (Å²) in [6, 6.07) is 7.90. The zero-order chi connectivity index (χ0) is 27.1. The highest BCUT2D eigenvalue weighted by molar-refractivity contribution is 5.89. The lowest BCUT2D eigenvalue weighted by atomic mass is 9.57. The molecular weight excluding hydrogens is 460 g/mol. The van der Waals surface area contributed by atoms with Gasteiger partial charge in [-0.2, -0.15) is 0 Å². The van der Waals surface area contributed by atoms with Crippen LogP contribution in [0.15, 0.2) is 18.2 Å². The Morgan fingerprint density at radius 2 is 1.37 bits per heavy atom. The molecular formula is C36H50N2. The van der Waals surface area contributed by atoms with Crippen LogP contribution in [0.1, 0.15) is 145 Å². The number of hydrogen-bond donors (Lipinski definition) is 0. The van der Waals surface area contributed by atoms with E-state index in [1.165, 1.54) is 49.9 Å². The van der Waals surface area contributed by atoms with E-state index < -0.39 is 0 Å². The fourth-order valence-corrected chi connectivity index (χ4v) is 10.9. The zero-order valence-electron chi connectivity index (χ0n) is 25.8. The highest BCUT2D eigenvalue weighted by Gasteiger charge is 2.60. The summed E-state index contributed by atoms with van der Waals surface area (Å²) >= 11 is 0. The number of anilines is 3. The quantitative estimate of drug-likeness (QED) is 0.405. The fourth-order valence-electron chi connectivity index (χ4n) is 10.9. The molecule has 0 N–H and O–H groups in total. The number of aryl methyl sites for hydroxylation is 1. The minimum atomic E-state index is 0.133. The molecule has 1 fully saturated rings. The Kier molecular flexibility index (Phi) is 5.01. The van der Waals surface area contributed by atoms with E-state index in [2.05, 4.69) is 97.4 Å². The van der Waals surface area contributed by atoms with Crippen molar-refractivity contribution in [2.24, 2.45) is 11.3 Å². The monoisotopic (exact) mass is 510 g/mol. The molecule has 6 atom stereocenters. The van der Waals surface area contributed by atoms with Crippen LogP contribution in [-0.2, 0) is 10.8 Å². The smallest absolute Gasteiger partial charge is 0.110 e. The minimum absolute atomic E-state index is 0.133. The topological polar surface area (TPSA) is 6.48 Å². The summed E-state index contributed by atoms with van der Waals surface area (Å²) in [5.74, 6) is 2.93. The van der Waals surface area contributed by atoms with Crippen LogP contribution in [-0.4, -0.2) is 13.2 Å². The van der Waals surface area contributed by atoms with Crippen molar-refractivity contribution in [2.75, 3.05) is 16.8 Å². The van der Waals surface area contributed by atoms with Gasteiger partial charge in [0.05, 0.1) is 11.4 Å². The molecule has 0 radical (unpaired) electrons. The van der Waals surface area contributed by atoms with Crippen molar-refractivity contribution in [3.8, 4) is 0 Å². The van der Waals surface area contributed by atoms with Crippen LogP contribution in [0.4, 0.5) is 17.1 Å². The molecule has 5 aliphatic rings. The van der Waals surface area contributed by atoms with E-state index in [0.29, 0.717) is 18.0 Å². The number of nitrogens with zero attached hydrogens (tertiary/aromatic N) is 2. The Morgan fingerprint density at radius 3 is 1.95 bits per heavy atom. The zero-order valence-corrected chi connectivity index (χ0v) is 25.8. The number of fused-ring (bicyclic) bond motifs is 12. The Morgan fingerprint density at radius 1 is 0.763 bits per heavy atom. The highest BCUT2D eigenvalue weighted by Crippen LogP contribution is 2.67. The van der Waals surface area contributed by atoms with Gasteiger partial charge in [0.15, 0.2) is 0 Å². The van der Waals surface area contributed by atoms with Crippen molar-refractivity contribution in [3.63, 3.8) is 0 Å². The van der Waals surface area contributed by atoms with Gasteiger partial charge < -0.3 is 9.80 Å². The standard InChI is InChI=1S/C36H50N2/c1-11-23-24(12-2)33-37(10)27-18-25-26(35(7,8)36(9,13-3)34(25,5)6)19-28(27)38(33)29-16-20(4)30-21-14-15-22(17-21)31(30)32(23)29/h16,18-19,21-24,33H,11-15,17H2,1-10H3. The van der Waals surface area contributed by atoms with E-state index in [1.807, 2.05) is 0 Å². The summed E-state index contributed by atoms with van der Waals surface area (Å²) < 4.78 is 0. The van der Waals surface area contributed by atoms with E-state index in [0.717, 1.165) is 11.8 Å². The summed E-state index contributed by atoms with van der Waals surface area (Å²) in [6.45, 7) is 22.3. The summed E-state index contributed by atoms with van der Waals surface area (Å²) in [7, 11) is 2.39. The molecule has 0 aromatic heterocycles. The number of rotatable bonds is 3. The second kappa shape index (κ2) is 7.61. The molecule has 38 heavy (non-hydrogen) atoms. The van der Waals surface area contributed by atoms with Gasteiger partial charge in [-0.05, 0) is 131 Å². The van der Waals surface area contributed by atoms with E-state index in [4.69, 9.17) is 0 Å². The van der Waals surface area contributed by atoms with Gasteiger partial charge in [-0.15, -0.1) is 0 Å². The molecule has 2 heteroatoms. The van der Waals surface area contributed by atoms with Gasteiger partial charge in [0.25, 0.3) is 0 Å². The lowest BCUT2D eigenvalue weighted by Gasteiger charge is -2.48. The normalized spacial score (nSPS) is 34.7. The van der Waals surface area contributed by atoms with Gasteiger partial charge in [0.2, 0.25) is 0 Å². The maximum atomic E-state index is 2.83. The van der Waals surface area contributed by atoms with Crippen molar-refractivity contribution in [3.05, 3.63) is 51.6 Å². The maximum absolute atomic E-state index is 2.83. The molecule has 0 saturated heterocycles. The van der Waals surface area contributed by atoms with Gasteiger partial charge in [0, 0.05) is 18.7 Å². The van der Waals surface area contributed by atoms with E-state index >= 15 is 0 Å². The first kappa shape index (κ1) is 25.0. The third kappa shape index (κ3) is 2.58. The maximum Gasteiger partial charge on any atom is 0.110 e. The van der Waals surface area contributed by atoms with Crippen LogP contribution < -0.4 is 9.80 Å². The molecule has 2 nitrogen and oxygen atoms in total. The summed E-state index contributed by atoms with van der Waals surface area (Å²) in [4.78, 5) is 5.50. The second-order valence-electron chi connectivity index (χ2n) is 15.0. The SMILES string of the molecule is CCC1c2c(cc(C)c3c2C2CCC3C2)N2c3cc4c(cc3N(C)C2C1CC)C(C)(C)C(C)(CC)C4(C)C. The van der Waals surface area contributed by atoms with Gasteiger partial charge >= 0.3 is 0 Å². The molecule has 7 rings (SSSR count). The highest BCUT2D eigenvalue weighted by atomic mass is 15.4. The Balaban J connectivity index is 1.50. The molecule has 1 saturated carbocycles. The average Bonchev–Trinajstić information content (AvgIpc) is 3.61. The van der Waals surface area contributed by atoms with Gasteiger partial charge in [-0.25, -0.2) is 0 Å². The molecule has 0 spiro atoms. The lowest BCUT2D eigenvalue weighted by molar-refractivity contribution is 0.0943. The molecule has 3 aliphatic carbocycles. The number of benzene rings is 2. The third-order valence-corrected chi connectivity index (χ3v) is 13.6. The summed E-state index contributed by atoms with van der Waals surface area (Å²) in [5.41, 5.74) is 15.0. The van der Waals surface area contributed by atoms with Crippen LogP contribution in [0.5, 0.6) is 0 Å². The van der Waals surface area contributed by atoms with Gasteiger partial charge in [-0.1, -0.05) is 55.4 Å². The molecule has 2 heterocycles. The van der Waals surface area contributed by atoms with Crippen molar-refractivity contribution >= 4 is 17.1 Å². The van der Waals surface area contributed by atoms with Crippen LogP contribution in [0.3, 0.4) is 0 Å². The molecule has 2 bridgehead atoms. The summed E-state index contributed by atoms with van der Waals surface area (Å²) in [5, 5.41) is 0. The predicted molar refractivity (Wildman–Crippen MR) is 163 cm³/mol. The molecule has 2 aliphatic heterocycles. The fraction of sp³-hybridized carbons (Fsp3) is 0.667. The van der Waals surface area contributed by atoms with Gasteiger partial charge in [-0.3, -0.25) is 0 Å². The van der Waals surface area contributed by atoms with E-state index in [-0.39, 0.29) is 16.2 Å². The average molecular weight is 511 g/mol. The first-order valence-corrected chi connectivity index (χ1v) is 15.8. The molecule has 2 aromatic rings.